The lowest BCUT2D eigenvalue weighted by Crippen LogP contribution is -2.63. The number of thiol groups is 1. The summed E-state index contributed by atoms with van der Waals surface area (Å²) in [6.07, 6.45) is -14.8. The van der Waals surface area contributed by atoms with Crippen molar-refractivity contribution in [1.29, 1.82) is 0 Å². The van der Waals surface area contributed by atoms with Crippen LogP contribution in [0.3, 0.4) is 0 Å². The average molecular weight is 793 g/mol. The molecule has 4 N–H and O–H groups in total. The molecule has 286 valence electrons. The molecule has 0 saturated carbocycles. The summed E-state index contributed by atoms with van der Waals surface area (Å²) in [7, 11) is -2.63. The lowest BCUT2D eigenvalue weighted by Gasteiger charge is -2.43. The summed E-state index contributed by atoms with van der Waals surface area (Å²) in [5.41, 5.74) is 6.28. The van der Waals surface area contributed by atoms with Gasteiger partial charge in [-0.1, -0.05) is 12.2 Å². The molecule has 0 bridgehead atoms. The number of carbonyl (C=O) groups excluding carboxylic acids is 3. The average Bonchev–Trinajstić information content (AvgIpc) is 3.58. The quantitative estimate of drug-likeness (QED) is 0.0915. The highest BCUT2D eigenvalue weighted by Crippen LogP contribution is 2.66. The van der Waals surface area contributed by atoms with Gasteiger partial charge in [0.05, 0.1) is 18.9 Å². The smallest absolute Gasteiger partial charge is 0.463 e. The van der Waals surface area contributed by atoms with Gasteiger partial charge in [0.15, 0.2) is 29.8 Å². The highest BCUT2D eigenvalue weighted by Gasteiger charge is 2.55. The van der Waals surface area contributed by atoms with Gasteiger partial charge in [0.2, 0.25) is 6.29 Å². The zero-order valence-corrected chi connectivity index (χ0v) is 30.2. The van der Waals surface area contributed by atoms with Crippen molar-refractivity contribution in [3.05, 3.63) is 18.2 Å². The van der Waals surface area contributed by atoms with E-state index in [1.54, 1.807) is 0 Å². The van der Waals surface area contributed by atoms with Gasteiger partial charge in [0, 0.05) is 26.3 Å². The number of rotatable bonds is 14. The number of hydrogen-bond acceptors (Lipinski definition) is 19. The van der Waals surface area contributed by atoms with Gasteiger partial charge in [-0.25, -0.2) is 27.9 Å². The molecule has 0 spiro atoms. The predicted molar refractivity (Wildman–Crippen MR) is 168 cm³/mol. The molecule has 51 heavy (non-hydrogen) atoms. The topological polar surface area (TPSA) is 268 Å². The van der Waals surface area contributed by atoms with Crippen molar-refractivity contribution in [3.63, 3.8) is 0 Å². The highest BCUT2D eigenvalue weighted by atomic mass is 32.7. The number of carbonyl (C=O) groups is 3. The van der Waals surface area contributed by atoms with E-state index >= 15 is 8.78 Å². The fourth-order valence-corrected chi connectivity index (χ4v) is 8.64. The molecule has 0 amide bonds. The second-order valence-corrected chi connectivity index (χ2v) is 15.9. The van der Waals surface area contributed by atoms with E-state index in [9.17, 15) is 33.5 Å². The Bertz CT molecular complexity index is 1690. The Labute approximate surface area is 293 Å². The molecule has 4 heterocycles. The van der Waals surface area contributed by atoms with Crippen LogP contribution in [-0.2, 0) is 60.6 Å². The number of aliphatic hydroxyl groups is 1. The van der Waals surface area contributed by atoms with Crippen molar-refractivity contribution in [2.75, 3.05) is 33.0 Å². The molecule has 0 aromatic carbocycles. The Kier molecular flexibility index (Phi) is 13.2. The number of alkyl halides is 2. The van der Waals surface area contributed by atoms with E-state index < -0.39 is 107 Å². The van der Waals surface area contributed by atoms with E-state index in [0.717, 1.165) is 27.1 Å². The number of anilines is 1. The molecule has 0 radical (unpaired) electrons. The molecule has 2 aliphatic rings. The molecule has 12 atom stereocenters. The number of hydrogen-bond donors (Lipinski definition) is 4. The van der Waals surface area contributed by atoms with Crippen LogP contribution < -0.4 is 5.73 Å². The third-order valence-corrected chi connectivity index (χ3v) is 11.0. The van der Waals surface area contributed by atoms with Crippen LogP contribution in [0.2, 0.25) is 0 Å². The first-order valence-electron chi connectivity index (χ1n) is 14.8. The van der Waals surface area contributed by atoms with Crippen LogP contribution in [0.25, 0.3) is 11.1 Å². The zero-order valence-electron chi connectivity index (χ0n) is 27.5. The number of halogens is 2. The van der Waals surface area contributed by atoms with E-state index in [1.165, 1.54) is 25.3 Å². The highest BCUT2D eigenvalue weighted by molar-refractivity contribution is 8.45. The minimum Gasteiger partial charge on any atom is -0.463 e. The summed E-state index contributed by atoms with van der Waals surface area (Å²) in [5.74, 6) is -3.04. The molecule has 7 unspecified atom stereocenters. The Hall–Kier alpha value is -2.82. The van der Waals surface area contributed by atoms with E-state index in [2.05, 4.69) is 31.3 Å². The van der Waals surface area contributed by atoms with Gasteiger partial charge in [-0.15, -0.1) is 0 Å². The van der Waals surface area contributed by atoms with Crippen LogP contribution in [0.5, 0.6) is 0 Å². The normalized spacial score (nSPS) is 31.1. The third kappa shape index (κ3) is 9.99. The monoisotopic (exact) mass is 792 g/mol. The summed E-state index contributed by atoms with van der Waals surface area (Å²) >= 11 is 3.71. The molecular formula is C26H36F2N4O16P2S. The first-order valence-corrected chi connectivity index (χ1v) is 19.0. The number of phosphoric acid groups is 1. The van der Waals surface area contributed by atoms with E-state index in [-0.39, 0.29) is 22.5 Å². The number of nitrogens with zero attached hydrogens (tertiary/aromatic N) is 3. The van der Waals surface area contributed by atoms with Crippen LogP contribution in [0.15, 0.2) is 17.0 Å². The first-order chi connectivity index (χ1) is 23.7. The van der Waals surface area contributed by atoms with Gasteiger partial charge in [0.1, 0.15) is 49.0 Å². The van der Waals surface area contributed by atoms with Crippen LogP contribution in [-0.4, -0.2) is 125 Å². The molecule has 2 aliphatic heterocycles. The minimum atomic E-state index is -5.69. The summed E-state index contributed by atoms with van der Waals surface area (Å²) in [4.78, 5) is 54.7. The van der Waals surface area contributed by atoms with Crippen LogP contribution in [0.4, 0.5) is 14.6 Å². The van der Waals surface area contributed by atoms with Gasteiger partial charge >= 0.3 is 32.5 Å². The largest absolute Gasteiger partial charge is 0.482 e. The molecule has 20 nitrogen and oxygen atoms in total. The number of fused-ring (bicyclic) bond motifs is 1. The number of phosphoric ester groups is 1. The van der Waals surface area contributed by atoms with Crippen molar-refractivity contribution >= 4 is 61.7 Å². The summed E-state index contributed by atoms with van der Waals surface area (Å²) in [5, 5.41) is 10.9. The fraction of sp³-hybridized carbons (Fsp3) is 0.654. The third-order valence-electron chi connectivity index (χ3n) is 7.44. The molecule has 2 aromatic heterocycles. The molecule has 2 saturated heterocycles. The molecule has 4 rings (SSSR count). The maximum absolute atomic E-state index is 15.8. The molecular weight excluding hydrogens is 756 g/mol. The Morgan fingerprint density at radius 2 is 1.75 bits per heavy atom. The summed E-state index contributed by atoms with van der Waals surface area (Å²) in [6, 6.07) is -1.05. The number of nitrogen functional groups attached to an aromatic ring is 1. The number of nitrogens with two attached hydrogens (primary N) is 1. The summed E-state index contributed by atoms with van der Waals surface area (Å²) in [6.45, 7) is -3.91. The van der Waals surface area contributed by atoms with Crippen LogP contribution in [0.1, 0.15) is 32.4 Å². The van der Waals surface area contributed by atoms with Gasteiger partial charge < -0.3 is 48.7 Å². The maximum Gasteiger partial charge on any atom is 0.482 e. The number of esters is 3. The van der Waals surface area contributed by atoms with Crippen molar-refractivity contribution in [1.82, 2.24) is 14.9 Å². The Morgan fingerprint density at radius 3 is 2.35 bits per heavy atom. The molecule has 2 fully saturated rings. The first kappa shape index (κ1) is 40.9. The van der Waals surface area contributed by atoms with E-state index in [0.29, 0.717) is 0 Å². The second kappa shape index (κ2) is 16.5. The van der Waals surface area contributed by atoms with Crippen molar-refractivity contribution in [3.8, 4) is 0 Å². The van der Waals surface area contributed by atoms with Crippen molar-refractivity contribution in [2.24, 2.45) is 0 Å². The van der Waals surface area contributed by atoms with E-state index in [4.69, 9.17) is 38.1 Å². The standard InChI is InChI=1S/C26H36F2N4O16P2S/c1-10(33)40-7-14(27)21-23(43-11(2)34)19(36)24(44-12(3)35)26(46-21)47-49(37,38)48-50(39,51)42-8-15-18(32(4)5)16(28)20(45-15)13-6-41-22-17(13)30-9-31-25(22)29/h6,9,14-16,18-21,23-24,26,36H,7-8H2,1-5H3,(H,37,38)(H,39,51)(H2,29,30,31)/t14-,15+,16+,18+,19?,20-,21?,23?,24?,26?,50?/m0/s1. The number of likely N-dealkylation sites (N-methyl/N-ethyl adjacent to an activating group) is 1. The number of aromatic nitrogens is 2. The van der Waals surface area contributed by atoms with Gasteiger partial charge in [-0.05, 0) is 14.1 Å². The minimum absolute atomic E-state index is 0.00562. The second-order valence-electron chi connectivity index (χ2n) is 11.5. The Balaban J connectivity index is 1.49. The number of aliphatic hydroxyl groups excluding tert-OH is 1. The predicted octanol–water partition coefficient (Wildman–Crippen LogP) is 1.55. The van der Waals surface area contributed by atoms with Gasteiger partial charge in [-0.2, -0.15) is 4.31 Å². The van der Waals surface area contributed by atoms with Gasteiger partial charge in [0.25, 0.3) is 0 Å². The van der Waals surface area contributed by atoms with Crippen molar-refractivity contribution < 1.29 is 83.8 Å². The number of furan rings is 1. The van der Waals surface area contributed by atoms with Gasteiger partial charge in [-0.3, -0.25) is 23.4 Å². The van der Waals surface area contributed by atoms with Crippen molar-refractivity contribution in [2.45, 2.75) is 82.1 Å². The molecule has 2 aromatic rings. The van der Waals surface area contributed by atoms with Crippen LogP contribution in [0, 0.1) is 0 Å². The summed E-state index contributed by atoms with van der Waals surface area (Å²) < 4.78 is 103. The zero-order chi connectivity index (χ0) is 38.0. The lowest BCUT2D eigenvalue weighted by atomic mass is 9.95. The van der Waals surface area contributed by atoms with Crippen LogP contribution >= 0.6 is 26.9 Å². The van der Waals surface area contributed by atoms with E-state index in [1.807, 2.05) is 0 Å². The lowest BCUT2D eigenvalue weighted by molar-refractivity contribution is -0.293. The Morgan fingerprint density at radius 1 is 1.10 bits per heavy atom. The fourth-order valence-electron chi connectivity index (χ4n) is 5.45. The SMILES string of the molecule is CC(=O)OC[C@H](F)C1OC(OP(=O)(O)OP(=O)(S)OC[C@H]2O[C@@H](c3coc4c(N)ncnc34)[C@H](F)[C@@H]2N(C)C)C(OC(C)=O)C(O)C1OC(C)=O. The molecule has 0 aliphatic carbocycles. The maximum atomic E-state index is 15.8. The molecule has 25 heteroatoms. The number of ether oxygens (including phenoxy) is 5.